The minimum atomic E-state index is -3.64. The minimum Gasteiger partial charge on any atom is -0.324 e. The van der Waals surface area contributed by atoms with Crippen LogP contribution < -0.4 is 10.9 Å². The van der Waals surface area contributed by atoms with Crippen LogP contribution in [0.1, 0.15) is 18.7 Å². The number of anilines is 1. The third kappa shape index (κ3) is 5.27. The van der Waals surface area contributed by atoms with Gasteiger partial charge in [0.2, 0.25) is 15.9 Å². The van der Waals surface area contributed by atoms with Crippen molar-refractivity contribution in [3.63, 3.8) is 0 Å². The van der Waals surface area contributed by atoms with Gasteiger partial charge in [0.15, 0.2) is 0 Å². The Morgan fingerprint density at radius 3 is 2.52 bits per heavy atom. The number of carbonyl (C=O) groups excluding carboxylic acids is 1. The van der Waals surface area contributed by atoms with Crippen molar-refractivity contribution in [3.05, 3.63) is 63.8 Å². The minimum absolute atomic E-state index is 0.0966. The Morgan fingerprint density at radius 2 is 1.87 bits per heavy atom. The first-order valence-corrected chi connectivity index (χ1v) is 12.0. The molecule has 8 nitrogen and oxygen atoms in total. The van der Waals surface area contributed by atoms with E-state index in [9.17, 15) is 18.0 Å². The van der Waals surface area contributed by atoms with E-state index in [0.29, 0.717) is 24.5 Å². The lowest BCUT2D eigenvalue weighted by atomic mass is 10.3. The van der Waals surface area contributed by atoms with Gasteiger partial charge in [-0.25, -0.2) is 13.1 Å². The third-order valence-corrected chi connectivity index (χ3v) is 7.68. The van der Waals surface area contributed by atoms with E-state index in [1.165, 1.54) is 22.5 Å². The maximum absolute atomic E-state index is 12.7. The van der Waals surface area contributed by atoms with Crippen LogP contribution in [-0.4, -0.2) is 41.5 Å². The van der Waals surface area contributed by atoms with Crippen molar-refractivity contribution in [1.82, 2.24) is 14.1 Å². The van der Waals surface area contributed by atoms with Gasteiger partial charge in [0.05, 0.1) is 9.77 Å². The number of nitrogens with one attached hydrogen (secondary N) is 1. The van der Waals surface area contributed by atoms with E-state index in [1.807, 2.05) is 19.1 Å². The van der Waals surface area contributed by atoms with Crippen LogP contribution in [0.3, 0.4) is 0 Å². The smallest absolute Gasteiger partial charge is 0.267 e. The van der Waals surface area contributed by atoms with Crippen LogP contribution in [0, 0.1) is 6.92 Å². The molecule has 164 valence electrons. The lowest BCUT2D eigenvalue weighted by Gasteiger charge is -2.18. The lowest BCUT2D eigenvalue weighted by molar-refractivity contribution is -0.117. The second-order valence-corrected chi connectivity index (χ2v) is 10.0. The molecular weight excluding hydrogens is 436 g/mol. The van der Waals surface area contributed by atoms with Gasteiger partial charge in [-0.05, 0) is 43.3 Å². The highest BCUT2D eigenvalue weighted by Crippen LogP contribution is 2.25. The molecule has 1 amide bonds. The second-order valence-electron chi connectivity index (χ2n) is 6.79. The molecule has 0 radical (unpaired) electrons. The predicted molar refractivity (Wildman–Crippen MR) is 122 cm³/mol. The van der Waals surface area contributed by atoms with Crippen LogP contribution >= 0.6 is 11.3 Å². The van der Waals surface area contributed by atoms with Gasteiger partial charge >= 0.3 is 0 Å². The molecule has 0 atom stereocenters. The zero-order valence-corrected chi connectivity index (χ0v) is 19.2. The fourth-order valence-electron chi connectivity index (χ4n) is 3.05. The highest BCUT2D eigenvalue weighted by Gasteiger charge is 2.22. The molecule has 3 rings (SSSR count). The highest BCUT2D eigenvalue weighted by molar-refractivity contribution is 7.89. The molecule has 2 heterocycles. The van der Waals surface area contributed by atoms with Gasteiger partial charge in [0.25, 0.3) is 5.56 Å². The molecule has 31 heavy (non-hydrogen) atoms. The maximum atomic E-state index is 12.7. The van der Waals surface area contributed by atoms with Gasteiger partial charge in [0, 0.05) is 29.7 Å². The molecule has 0 bridgehead atoms. The summed E-state index contributed by atoms with van der Waals surface area (Å²) >= 11 is 1.55. The second kappa shape index (κ2) is 9.54. The van der Waals surface area contributed by atoms with E-state index in [2.05, 4.69) is 10.4 Å². The molecular formula is C21H24N4O4S2. The van der Waals surface area contributed by atoms with E-state index in [1.54, 1.807) is 43.4 Å². The molecule has 1 N–H and O–H groups in total. The molecule has 0 spiro atoms. The van der Waals surface area contributed by atoms with Gasteiger partial charge < -0.3 is 5.32 Å². The van der Waals surface area contributed by atoms with Crippen LogP contribution in [0.5, 0.6) is 0 Å². The van der Waals surface area contributed by atoms with E-state index >= 15 is 0 Å². The Balaban J connectivity index is 1.78. The predicted octanol–water partition coefficient (Wildman–Crippen LogP) is 2.95. The fourth-order valence-corrected chi connectivity index (χ4v) is 5.39. The summed E-state index contributed by atoms with van der Waals surface area (Å²) in [6.45, 7) is 5.93. The van der Waals surface area contributed by atoms with Crippen molar-refractivity contribution in [2.45, 2.75) is 32.2 Å². The Hall–Kier alpha value is -2.82. The zero-order chi connectivity index (χ0) is 22.6. The Labute approximate surface area is 185 Å². The molecule has 0 aliphatic heterocycles. The summed E-state index contributed by atoms with van der Waals surface area (Å²) in [6.07, 6.45) is 0. The number of nitrogens with zero attached hydrogens (tertiary/aromatic N) is 3. The van der Waals surface area contributed by atoms with Gasteiger partial charge in [-0.1, -0.05) is 19.9 Å². The quantitative estimate of drug-likeness (QED) is 0.557. The molecule has 0 aliphatic rings. The number of thiophene rings is 1. The molecule has 0 unspecified atom stereocenters. The van der Waals surface area contributed by atoms with Crippen LogP contribution in [-0.2, 0) is 21.4 Å². The summed E-state index contributed by atoms with van der Waals surface area (Å²) in [5.74, 6) is -0.480. The van der Waals surface area contributed by atoms with Crippen molar-refractivity contribution in [1.29, 1.82) is 0 Å². The molecule has 0 saturated heterocycles. The van der Waals surface area contributed by atoms with E-state index in [4.69, 9.17) is 0 Å². The van der Waals surface area contributed by atoms with E-state index < -0.39 is 21.5 Å². The first-order chi connectivity index (χ1) is 14.7. The number of hydrogen-bond donors (Lipinski definition) is 1. The van der Waals surface area contributed by atoms with Gasteiger partial charge in [0.1, 0.15) is 12.2 Å². The number of amides is 1. The average molecular weight is 461 g/mol. The summed E-state index contributed by atoms with van der Waals surface area (Å²) in [5.41, 5.74) is 0.541. The summed E-state index contributed by atoms with van der Waals surface area (Å²) in [4.78, 5) is 26.8. The summed E-state index contributed by atoms with van der Waals surface area (Å²) < 4.78 is 27.8. The first-order valence-electron chi connectivity index (χ1n) is 9.79. The van der Waals surface area contributed by atoms with Crippen LogP contribution in [0.2, 0.25) is 0 Å². The molecule has 0 aliphatic carbocycles. The average Bonchev–Trinajstić information content (AvgIpc) is 3.17. The Morgan fingerprint density at radius 1 is 1.13 bits per heavy atom. The molecule has 10 heteroatoms. The number of sulfonamides is 1. The van der Waals surface area contributed by atoms with Crippen molar-refractivity contribution in [3.8, 4) is 10.6 Å². The number of aryl methyl sites for hydroxylation is 1. The monoisotopic (exact) mass is 460 g/mol. The number of rotatable bonds is 8. The normalized spacial score (nSPS) is 11.6. The number of aromatic nitrogens is 2. The Bertz CT molecular complexity index is 1240. The molecule has 2 aromatic heterocycles. The van der Waals surface area contributed by atoms with Crippen LogP contribution in [0.25, 0.3) is 10.6 Å². The highest BCUT2D eigenvalue weighted by atomic mass is 32.2. The van der Waals surface area contributed by atoms with Crippen molar-refractivity contribution in [2.24, 2.45) is 0 Å². The molecule has 0 saturated carbocycles. The van der Waals surface area contributed by atoms with Crippen LogP contribution in [0.15, 0.2) is 58.2 Å². The summed E-state index contributed by atoms with van der Waals surface area (Å²) in [5, 5.41) is 6.94. The SMILES string of the molecule is CCN(CC)S(=O)(=O)c1cccc(NC(=O)Cn2nc(-c3ccc(C)s3)ccc2=O)c1. The van der Waals surface area contributed by atoms with E-state index in [0.717, 1.165) is 14.4 Å². The maximum Gasteiger partial charge on any atom is 0.267 e. The number of benzene rings is 1. The third-order valence-electron chi connectivity index (χ3n) is 4.61. The number of carbonyl (C=O) groups is 1. The largest absolute Gasteiger partial charge is 0.324 e. The standard InChI is InChI=1S/C21H24N4O4S2/c1-4-24(5-2)31(28,29)17-8-6-7-16(13-17)22-20(26)14-25-21(27)12-10-18(23-25)19-11-9-15(3)30-19/h6-13H,4-5,14H2,1-3H3,(H,22,26). The summed E-state index contributed by atoms with van der Waals surface area (Å²) in [7, 11) is -3.64. The summed E-state index contributed by atoms with van der Waals surface area (Å²) in [6, 6.07) is 12.9. The van der Waals surface area contributed by atoms with Gasteiger partial charge in [-0.3, -0.25) is 9.59 Å². The molecule has 3 aromatic rings. The first kappa shape index (κ1) is 22.9. The van der Waals surface area contributed by atoms with Crippen molar-refractivity contribution < 1.29 is 13.2 Å². The fraction of sp³-hybridized carbons (Fsp3) is 0.286. The molecule has 1 aromatic carbocycles. The van der Waals surface area contributed by atoms with Gasteiger partial charge in [-0.2, -0.15) is 9.40 Å². The zero-order valence-electron chi connectivity index (χ0n) is 17.5. The molecule has 0 fully saturated rings. The van der Waals surface area contributed by atoms with Crippen molar-refractivity contribution in [2.75, 3.05) is 18.4 Å². The topological polar surface area (TPSA) is 101 Å². The van der Waals surface area contributed by atoms with E-state index in [-0.39, 0.29) is 11.4 Å². The Kier molecular flexibility index (Phi) is 7.04. The van der Waals surface area contributed by atoms with Crippen molar-refractivity contribution >= 4 is 33.0 Å². The number of hydrogen-bond acceptors (Lipinski definition) is 6. The van der Waals surface area contributed by atoms with Crippen LogP contribution in [0.4, 0.5) is 5.69 Å². The van der Waals surface area contributed by atoms with Gasteiger partial charge in [-0.15, -0.1) is 11.3 Å². The lowest BCUT2D eigenvalue weighted by Crippen LogP contribution is -2.31.